The number of rotatable bonds is 9. The zero-order chi connectivity index (χ0) is 46.4. The summed E-state index contributed by atoms with van der Waals surface area (Å²) in [6.07, 6.45) is 0. The maximum atomic E-state index is 2.45. The molecule has 0 aliphatic heterocycles. The van der Waals surface area contributed by atoms with Crippen LogP contribution in [-0.4, -0.2) is 4.57 Å². The van der Waals surface area contributed by atoms with Crippen LogP contribution < -0.4 is 4.90 Å². The van der Waals surface area contributed by atoms with Gasteiger partial charge in [0.05, 0.1) is 16.7 Å². The van der Waals surface area contributed by atoms with E-state index in [2.05, 4.69) is 289 Å². The minimum atomic E-state index is 1.06. The van der Waals surface area contributed by atoms with E-state index in [1.807, 2.05) is 0 Å². The van der Waals surface area contributed by atoms with Crippen LogP contribution in [0.1, 0.15) is 0 Å². The van der Waals surface area contributed by atoms with Crippen molar-refractivity contribution in [2.75, 3.05) is 4.90 Å². The van der Waals surface area contributed by atoms with Crippen molar-refractivity contribution in [1.82, 2.24) is 4.57 Å². The molecule has 0 unspecified atom stereocenters. The molecule has 0 saturated carbocycles. The van der Waals surface area contributed by atoms with E-state index >= 15 is 0 Å². The summed E-state index contributed by atoms with van der Waals surface area (Å²) in [5.41, 5.74) is 18.5. The van der Waals surface area contributed by atoms with Gasteiger partial charge in [-0.1, -0.05) is 218 Å². The molecule has 0 saturated heterocycles. The molecule has 0 aliphatic carbocycles. The molecule has 0 spiro atoms. The highest BCUT2D eigenvalue weighted by Gasteiger charge is 2.23. The van der Waals surface area contributed by atoms with Gasteiger partial charge in [0, 0.05) is 33.4 Å². The van der Waals surface area contributed by atoms with Crippen LogP contribution in [0.2, 0.25) is 0 Å². The summed E-state index contributed by atoms with van der Waals surface area (Å²) in [6, 6.07) is 102. The van der Waals surface area contributed by atoms with Crippen molar-refractivity contribution in [3.8, 4) is 61.3 Å². The average Bonchev–Trinajstić information content (AvgIpc) is 3.78. The molecule has 1 heterocycles. The van der Waals surface area contributed by atoms with E-state index in [9.17, 15) is 0 Å². The standard InChI is InChI=1S/C68H46N2/c1-3-19-48(20-4-1)56-26-9-12-32-63(56)68-58(49-21-5-2-6-22-49)33-18-36-67(68)69(54-43-39-50(40-44-54)64-46-52-23-7-8-27-57(52)59-28-10-11-29-60(59)64)53-41-37-47(38-42-53)51-24-17-25-55(45-51)70-65-34-15-13-30-61(65)62-31-14-16-35-66(62)70/h1-46H. The van der Waals surface area contributed by atoms with E-state index < -0.39 is 0 Å². The second-order valence-electron chi connectivity index (χ2n) is 18.0. The Morgan fingerprint density at radius 2 is 0.729 bits per heavy atom. The average molecular weight is 891 g/mol. The third-order valence-electron chi connectivity index (χ3n) is 14.0. The van der Waals surface area contributed by atoms with Crippen LogP contribution in [0.15, 0.2) is 279 Å². The molecule has 13 aromatic rings. The Morgan fingerprint density at radius 1 is 0.257 bits per heavy atom. The topological polar surface area (TPSA) is 8.17 Å². The quantitative estimate of drug-likeness (QED) is 0.131. The molecule has 0 aliphatic rings. The zero-order valence-corrected chi connectivity index (χ0v) is 38.5. The second-order valence-corrected chi connectivity index (χ2v) is 18.0. The maximum Gasteiger partial charge on any atom is 0.0546 e. The van der Waals surface area contributed by atoms with Crippen LogP contribution in [-0.2, 0) is 0 Å². The third kappa shape index (κ3) is 7.13. The molecule has 2 nitrogen and oxygen atoms in total. The van der Waals surface area contributed by atoms with Crippen molar-refractivity contribution in [3.63, 3.8) is 0 Å². The van der Waals surface area contributed by atoms with Gasteiger partial charge in [-0.15, -0.1) is 0 Å². The van der Waals surface area contributed by atoms with E-state index in [4.69, 9.17) is 0 Å². The first kappa shape index (κ1) is 41.0. The number of anilines is 3. The first-order valence-electron chi connectivity index (χ1n) is 24.1. The highest BCUT2D eigenvalue weighted by Crippen LogP contribution is 2.49. The lowest BCUT2D eigenvalue weighted by molar-refractivity contribution is 1.18. The number of hydrogen-bond donors (Lipinski definition) is 0. The molecule has 70 heavy (non-hydrogen) atoms. The molecule has 2 heteroatoms. The highest BCUT2D eigenvalue weighted by atomic mass is 15.1. The van der Waals surface area contributed by atoms with Gasteiger partial charge in [0.1, 0.15) is 0 Å². The van der Waals surface area contributed by atoms with E-state index in [1.54, 1.807) is 0 Å². The molecule has 0 N–H and O–H groups in total. The van der Waals surface area contributed by atoms with E-state index in [-0.39, 0.29) is 0 Å². The van der Waals surface area contributed by atoms with Crippen molar-refractivity contribution >= 4 is 60.4 Å². The molecule has 0 amide bonds. The fourth-order valence-electron chi connectivity index (χ4n) is 10.8. The Labute approximate surface area is 408 Å². The number of nitrogens with zero attached hydrogens (tertiary/aromatic N) is 2. The minimum absolute atomic E-state index is 1.06. The highest BCUT2D eigenvalue weighted by molar-refractivity contribution is 6.14. The summed E-state index contributed by atoms with van der Waals surface area (Å²) in [7, 11) is 0. The lowest BCUT2D eigenvalue weighted by Crippen LogP contribution is -2.12. The van der Waals surface area contributed by atoms with E-state index in [0.29, 0.717) is 0 Å². The number of para-hydroxylation sites is 2. The van der Waals surface area contributed by atoms with Gasteiger partial charge in [0.25, 0.3) is 0 Å². The van der Waals surface area contributed by atoms with Gasteiger partial charge in [-0.2, -0.15) is 0 Å². The van der Waals surface area contributed by atoms with Crippen molar-refractivity contribution in [1.29, 1.82) is 0 Å². The predicted octanol–water partition coefficient (Wildman–Crippen LogP) is 18.9. The van der Waals surface area contributed by atoms with Crippen molar-refractivity contribution in [2.24, 2.45) is 0 Å². The second kappa shape index (κ2) is 17.4. The van der Waals surface area contributed by atoms with Crippen LogP contribution >= 0.6 is 0 Å². The maximum absolute atomic E-state index is 2.45. The summed E-state index contributed by atoms with van der Waals surface area (Å²) >= 11 is 0. The summed E-state index contributed by atoms with van der Waals surface area (Å²) in [5.74, 6) is 0. The van der Waals surface area contributed by atoms with Crippen LogP contribution in [0, 0.1) is 0 Å². The molecule has 0 radical (unpaired) electrons. The number of aromatic nitrogens is 1. The molecule has 0 fully saturated rings. The lowest BCUT2D eigenvalue weighted by atomic mass is 9.87. The Balaban J connectivity index is 0.989. The SMILES string of the molecule is c1ccc(-c2ccccc2-c2c(-c3ccccc3)cccc2N(c2ccc(-c3cccc(-n4c5ccccc5c5ccccc54)c3)cc2)c2ccc(-c3cc4ccccc4c4ccccc34)cc2)cc1. The molecule has 1 aromatic heterocycles. The monoisotopic (exact) mass is 890 g/mol. The van der Waals surface area contributed by atoms with Gasteiger partial charge in [0.15, 0.2) is 0 Å². The van der Waals surface area contributed by atoms with Crippen LogP contribution in [0.3, 0.4) is 0 Å². The van der Waals surface area contributed by atoms with Crippen LogP contribution in [0.25, 0.3) is 105 Å². The van der Waals surface area contributed by atoms with Gasteiger partial charge >= 0.3 is 0 Å². The Bertz CT molecular complexity index is 3980. The molecular weight excluding hydrogens is 845 g/mol. The van der Waals surface area contributed by atoms with Gasteiger partial charge in [-0.05, 0) is 132 Å². The third-order valence-corrected chi connectivity index (χ3v) is 14.0. The van der Waals surface area contributed by atoms with Crippen molar-refractivity contribution < 1.29 is 0 Å². The van der Waals surface area contributed by atoms with Gasteiger partial charge in [-0.3, -0.25) is 0 Å². The number of fused-ring (bicyclic) bond motifs is 6. The fraction of sp³-hybridized carbons (Fsp3) is 0. The largest absolute Gasteiger partial charge is 0.310 e. The molecular formula is C68H46N2. The summed E-state index contributed by atoms with van der Waals surface area (Å²) in [5, 5.41) is 7.54. The normalized spacial score (nSPS) is 11.4. The Hall–Kier alpha value is -9.24. The molecule has 328 valence electrons. The van der Waals surface area contributed by atoms with Crippen LogP contribution in [0.5, 0.6) is 0 Å². The Morgan fingerprint density at radius 3 is 1.40 bits per heavy atom. The van der Waals surface area contributed by atoms with Gasteiger partial charge in [0.2, 0.25) is 0 Å². The number of benzene rings is 12. The zero-order valence-electron chi connectivity index (χ0n) is 38.5. The summed E-state index contributed by atoms with van der Waals surface area (Å²) in [4.78, 5) is 2.45. The fourth-order valence-corrected chi connectivity index (χ4v) is 10.8. The summed E-state index contributed by atoms with van der Waals surface area (Å²) in [6.45, 7) is 0. The van der Waals surface area contributed by atoms with Gasteiger partial charge in [-0.25, -0.2) is 0 Å². The van der Waals surface area contributed by atoms with Crippen LogP contribution in [0.4, 0.5) is 17.1 Å². The molecule has 13 rings (SSSR count). The van der Waals surface area contributed by atoms with Crippen molar-refractivity contribution in [3.05, 3.63) is 279 Å². The predicted molar refractivity (Wildman–Crippen MR) is 298 cm³/mol. The van der Waals surface area contributed by atoms with Crippen molar-refractivity contribution in [2.45, 2.75) is 0 Å². The molecule has 12 aromatic carbocycles. The smallest absolute Gasteiger partial charge is 0.0546 e. The van der Waals surface area contributed by atoms with Gasteiger partial charge < -0.3 is 9.47 Å². The van der Waals surface area contributed by atoms with E-state index in [0.717, 1.165) is 33.9 Å². The minimum Gasteiger partial charge on any atom is -0.310 e. The first-order valence-corrected chi connectivity index (χ1v) is 24.1. The van der Waals surface area contributed by atoms with E-state index in [1.165, 1.54) is 87.9 Å². The first-order chi connectivity index (χ1) is 34.7. The number of hydrogen-bond acceptors (Lipinski definition) is 1. The lowest BCUT2D eigenvalue weighted by Gasteiger charge is -2.30. The Kier molecular flexibility index (Phi) is 10.2. The molecule has 0 bridgehead atoms. The molecule has 0 atom stereocenters. The summed E-state index contributed by atoms with van der Waals surface area (Å²) < 4.78 is 2.39.